The Morgan fingerprint density at radius 1 is 1.38 bits per heavy atom. The molecule has 2 amide bonds. The Morgan fingerprint density at radius 3 is 2.67 bits per heavy atom. The van der Waals surface area contributed by atoms with Crippen molar-refractivity contribution < 1.29 is 9.32 Å². The molecule has 0 atom stereocenters. The fourth-order valence-corrected chi connectivity index (χ4v) is 2.22. The average molecular weight is 327 g/mol. The molecule has 110 valence electrons. The number of nitrogens with zero attached hydrogens (tertiary/aromatic N) is 2. The van der Waals surface area contributed by atoms with E-state index in [1.165, 1.54) is 13.3 Å². The fraction of sp³-hybridized carbons (Fsp3) is 0.154. The van der Waals surface area contributed by atoms with E-state index in [0.29, 0.717) is 32.6 Å². The van der Waals surface area contributed by atoms with Crippen LogP contribution >= 0.6 is 23.2 Å². The van der Waals surface area contributed by atoms with E-state index in [2.05, 4.69) is 21.0 Å². The first-order chi connectivity index (χ1) is 10.0. The van der Waals surface area contributed by atoms with Gasteiger partial charge in [0.25, 0.3) is 0 Å². The largest absolute Gasteiger partial charge is 0.360 e. The third-order valence-electron chi connectivity index (χ3n) is 2.69. The second-order valence-corrected chi connectivity index (χ2v) is 4.86. The summed E-state index contributed by atoms with van der Waals surface area (Å²) in [5.41, 5.74) is 3.89. The smallest absolute Gasteiger partial charge is 0.334 e. The standard InChI is InChI=1S/C13H12Cl2N4O2/c1-7-8(6-17-18-13(20)16-2)12(19-21-7)11-9(14)4-3-5-10(11)15/h3-6H,1-2H3,(H2,16,18,20). The number of aromatic nitrogens is 1. The van der Waals surface area contributed by atoms with Gasteiger partial charge in [-0.3, -0.25) is 0 Å². The lowest BCUT2D eigenvalue weighted by Gasteiger charge is -2.04. The van der Waals surface area contributed by atoms with Crippen molar-refractivity contribution >= 4 is 35.4 Å². The molecule has 0 unspecified atom stereocenters. The Hall–Kier alpha value is -2.05. The van der Waals surface area contributed by atoms with Crippen LogP contribution in [0.4, 0.5) is 4.79 Å². The van der Waals surface area contributed by atoms with Gasteiger partial charge < -0.3 is 9.84 Å². The van der Waals surface area contributed by atoms with Crippen molar-refractivity contribution in [3.05, 3.63) is 39.6 Å². The van der Waals surface area contributed by atoms with Crippen LogP contribution in [0.1, 0.15) is 11.3 Å². The van der Waals surface area contributed by atoms with Crippen molar-refractivity contribution in [2.24, 2.45) is 5.10 Å². The van der Waals surface area contributed by atoms with Crippen LogP contribution in [-0.4, -0.2) is 24.5 Å². The highest BCUT2D eigenvalue weighted by molar-refractivity contribution is 6.39. The van der Waals surface area contributed by atoms with Gasteiger partial charge in [0.05, 0.1) is 21.8 Å². The number of benzene rings is 1. The summed E-state index contributed by atoms with van der Waals surface area (Å²) in [7, 11) is 1.49. The van der Waals surface area contributed by atoms with E-state index in [1.54, 1.807) is 25.1 Å². The second-order valence-electron chi connectivity index (χ2n) is 4.05. The van der Waals surface area contributed by atoms with Crippen LogP contribution in [0.2, 0.25) is 10.0 Å². The van der Waals surface area contributed by atoms with Crippen LogP contribution in [0.5, 0.6) is 0 Å². The highest BCUT2D eigenvalue weighted by atomic mass is 35.5. The number of aryl methyl sites for hydroxylation is 1. The van der Waals surface area contributed by atoms with Crippen LogP contribution in [0.3, 0.4) is 0 Å². The predicted octanol–water partition coefficient (Wildman–Crippen LogP) is 3.22. The Bertz CT molecular complexity index is 677. The molecular weight excluding hydrogens is 315 g/mol. The number of hydrazone groups is 1. The molecule has 1 aromatic carbocycles. The highest BCUT2D eigenvalue weighted by Gasteiger charge is 2.18. The van der Waals surface area contributed by atoms with Gasteiger partial charge in [0.2, 0.25) is 0 Å². The summed E-state index contributed by atoms with van der Waals surface area (Å²) in [5.74, 6) is 0.531. The molecule has 0 aliphatic rings. The molecule has 2 N–H and O–H groups in total. The molecule has 1 aromatic heterocycles. The summed E-state index contributed by atoms with van der Waals surface area (Å²) in [6, 6.07) is 4.72. The molecule has 8 heteroatoms. The first-order valence-corrected chi connectivity index (χ1v) is 6.71. The number of urea groups is 1. The minimum atomic E-state index is -0.433. The molecule has 0 aliphatic heterocycles. The van der Waals surface area contributed by atoms with Crippen molar-refractivity contribution in [1.29, 1.82) is 0 Å². The molecule has 6 nitrogen and oxygen atoms in total. The zero-order valence-corrected chi connectivity index (χ0v) is 12.8. The predicted molar refractivity (Wildman–Crippen MR) is 81.9 cm³/mol. The molecule has 21 heavy (non-hydrogen) atoms. The summed E-state index contributed by atoms with van der Waals surface area (Å²) in [6.07, 6.45) is 1.43. The maximum atomic E-state index is 11.1. The SMILES string of the molecule is CNC(=O)NN=Cc1c(-c2c(Cl)cccc2Cl)noc1C. The second kappa shape index (κ2) is 6.60. The molecule has 2 aromatic rings. The van der Waals surface area contributed by atoms with E-state index in [1.807, 2.05) is 0 Å². The van der Waals surface area contributed by atoms with Gasteiger partial charge in [-0.05, 0) is 19.1 Å². The first-order valence-electron chi connectivity index (χ1n) is 5.96. The lowest BCUT2D eigenvalue weighted by atomic mass is 10.1. The van der Waals surface area contributed by atoms with Crippen LogP contribution in [-0.2, 0) is 0 Å². The van der Waals surface area contributed by atoms with Gasteiger partial charge in [-0.15, -0.1) is 0 Å². The van der Waals surface area contributed by atoms with E-state index in [4.69, 9.17) is 27.7 Å². The van der Waals surface area contributed by atoms with Crippen LogP contribution < -0.4 is 10.7 Å². The van der Waals surface area contributed by atoms with Gasteiger partial charge >= 0.3 is 6.03 Å². The molecule has 0 bridgehead atoms. The molecule has 0 saturated carbocycles. The monoisotopic (exact) mass is 326 g/mol. The van der Waals surface area contributed by atoms with Gasteiger partial charge in [-0.1, -0.05) is 34.4 Å². The minimum Gasteiger partial charge on any atom is -0.360 e. The third-order valence-corrected chi connectivity index (χ3v) is 3.32. The van der Waals surface area contributed by atoms with Gasteiger partial charge in [-0.25, -0.2) is 10.2 Å². The molecule has 0 fully saturated rings. The highest BCUT2D eigenvalue weighted by Crippen LogP contribution is 2.36. The van der Waals surface area contributed by atoms with Crippen molar-refractivity contribution in [2.45, 2.75) is 6.92 Å². The van der Waals surface area contributed by atoms with Crippen LogP contribution in [0.25, 0.3) is 11.3 Å². The van der Waals surface area contributed by atoms with Crippen molar-refractivity contribution in [2.75, 3.05) is 7.05 Å². The maximum Gasteiger partial charge on any atom is 0.334 e. The molecule has 0 radical (unpaired) electrons. The summed E-state index contributed by atoms with van der Waals surface area (Å²) in [4.78, 5) is 11.1. The van der Waals surface area contributed by atoms with E-state index >= 15 is 0 Å². The summed E-state index contributed by atoms with van der Waals surface area (Å²) >= 11 is 12.3. The number of carbonyl (C=O) groups excluding carboxylic acids is 1. The summed E-state index contributed by atoms with van der Waals surface area (Å²) in [5, 5.41) is 11.1. The maximum absolute atomic E-state index is 11.1. The van der Waals surface area contributed by atoms with Crippen molar-refractivity contribution in [3.8, 4) is 11.3 Å². The molecule has 0 spiro atoms. The lowest BCUT2D eigenvalue weighted by Crippen LogP contribution is -2.28. The Balaban J connectivity index is 2.41. The molecule has 2 rings (SSSR count). The number of hydrogen-bond donors (Lipinski definition) is 2. The van der Waals surface area contributed by atoms with Gasteiger partial charge in [0, 0.05) is 12.6 Å². The zero-order valence-electron chi connectivity index (χ0n) is 11.3. The minimum absolute atomic E-state index is 0.433. The van der Waals surface area contributed by atoms with E-state index < -0.39 is 6.03 Å². The first kappa shape index (κ1) is 15.3. The van der Waals surface area contributed by atoms with Crippen LogP contribution in [0, 0.1) is 6.92 Å². The van der Waals surface area contributed by atoms with E-state index in [9.17, 15) is 4.79 Å². The quantitative estimate of drug-likeness (QED) is 0.671. The topological polar surface area (TPSA) is 79.5 Å². The molecular formula is C13H12Cl2N4O2. The number of carbonyl (C=O) groups is 1. The van der Waals surface area contributed by atoms with Crippen LogP contribution in [0.15, 0.2) is 27.8 Å². The van der Waals surface area contributed by atoms with Gasteiger partial charge in [0.15, 0.2) is 0 Å². The lowest BCUT2D eigenvalue weighted by molar-refractivity contribution is 0.243. The molecule has 0 saturated heterocycles. The third kappa shape index (κ3) is 3.34. The normalized spacial score (nSPS) is 10.9. The van der Waals surface area contributed by atoms with Gasteiger partial charge in [-0.2, -0.15) is 5.10 Å². The number of nitrogens with one attached hydrogen (secondary N) is 2. The number of rotatable bonds is 3. The van der Waals surface area contributed by atoms with Crippen molar-refractivity contribution in [1.82, 2.24) is 15.9 Å². The number of hydrogen-bond acceptors (Lipinski definition) is 4. The van der Waals surface area contributed by atoms with E-state index in [-0.39, 0.29) is 0 Å². The molecule has 1 heterocycles. The van der Waals surface area contributed by atoms with Crippen molar-refractivity contribution in [3.63, 3.8) is 0 Å². The van der Waals surface area contributed by atoms with E-state index in [0.717, 1.165) is 0 Å². The molecule has 0 aliphatic carbocycles. The van der Waals surface area contributed by atoms with Gasteiger partial charge in [0.1, 0.15) is 11.5 Å². The number of halogens is 2. The Kier molecular flexibility index (Phi) is 4.82. The Morgan fingerprint density at radius 2 is 2.05 bits per heavy atom. The summed E-state index contributed by atoms with van der Waals surface area (Å²) in [6.45, 7) is 1.72. The zero-order chi connectivity index (χ0) is 15.4. The Labute approximate surface area is 131 Å². The number of amides is 2. The summed E-state index contributed by atoms with van der Waals surface area (Å²) < 4.78 is 5.16. The fourth-order valence-electron chi connectivity index (χ4n) is 1.65. The average Bonchev–Trinajstić information content (AvgIpc) is 2.80.